The summed E-state index contributed by atoms with van der Waals surface area (Å²) >= 11 is 0. The molecule has 0 N–H and O–H groups in total. The molecule has 1 heterocycles. The molecule has 1 amide bonds. The lowest BCUT2D eigenvalue weighted by molar-refractivity contribution is -0.137. The van der Waals surface area contributed by atoms with Gasteiger partial charge in [0.1, 0.15) is 12.4 Å². The van der Waals surface area contributed by atoms with Crippen molar-refractivity contribution in [3.05, 3.63) is 71.0 Å². The van der Waals surface area contributed by atoms with Gasteiger partial charge < -0.3 is 14.5 Å². The van der Waals surface area contributed by atoms with E-state index in [0.717, 1.165) is 12.1 Å². The molecule has 0 saturated heterocycles. The van der Waals surface area contributed by atoms with Crippen LogP contribution in [0.2, 0.25) is 0 Å². The molecule has 0 unspecified atom stereocenters. The molecule has 1 atom stereocenters. The van der Waals surface area contributed by atoms with Gasteiger partial charge in [-0.05, 0) is 35.4 Å². The molecule has 0 aromatic heterocycles. The molecular formula is C21H20F4N2O3. The third-order valence-corrected chi connectivity index (χ3v) is 4.58. The molecule has 2 aromatic carbocycles. The number of hydrogen-bond acceptors (Lipinski definition) is 4. The van der Waals surface area contributed by atoms with Crippen molar-refractivity contribution >= 4 is 11.6 Å². The summed E-state index contributed by atoms with van der Waals surface area (Å²) in [5, 5.41) is 4.01. The van der Waals surface area contributed by atoms with Crippen molar-refractivity contribution in [3.63, 3.8) is 0 Å². The number of halogens is 4. The normalized spacial score (nSPS) is 16.2. The highest BCUT2D eigenvalue weighted by molar-refractivity contribution is 6.01. The van der Waals surface area contributed by atoms with Crippen LogP contribution in [0.4, 0.5) is 17.6 Å². The fourth-order valence-electron chi connectivity index (χ4n) is 3.12. The number of carbonyl (C=O) groups excluding carboxylic acids is 1. The Morgan fingerprint density at radius 2 is 1.97 bits per heavy atom. The van der Waals surface area contributed by atoms with Gasteiger partial charge in [-0.2, -0.15) is 13.2 Å². The van der Waals surface area contributed by atoms with Crippen molar-refractivity contribution < 1.29 is 31.9 Å². The number of oxime groups is 1. The molecule has 0 aliphatic carbocycles. The zero-order chi connectivity index (χ0) is 21.7. The Kier molecular flexibility index (Phi) is 6.71. The highest BCUT2D eigenvalue weighted by Gasteiger charge is 2.31. The van der Waals surface area contributed by atoms with Crippen molar-refractivity contribution in [2.45, 2.75) is 25.2 Å². The number of nitrogens with zero attached hydrogens (tertiary/aromatic N) is 2. The van der Waals surface area contributed by atoms with Crippen molar-refractivity contribution in [1.82, 2.24) is 4.90 Å². The number of ether oxygens (including phenoxy) is 1. The lowest BCUT2D eigenvalue weighted by Gasteiger charge is -2.25. The van der Waals surface area contributed by atoms with E-state index in [1.54, 1.807) is 12.1 Å². The van der Waals surface area contributed by atoms with Crippen molar-refractivity contribution in [2.75, 3.05) is 20.3 Å². The number of hydrogen-bond donors (Lipinski definition) is 0. The summed E-state index contributed by atoms with van der Waals surface area (Å²) in [5.74, 6) is -0.749. The van der Waals surface area contributed by atoms with Gasteiger partial charge >= 0.3 is 6.18 Å². The molecular weight excluding hydrogens is 404 g/mol. The summed E-state index contributed by atoms with van der Waals surface area (Å²) in [4.78, 5) is 19.2. The minimum absolute atomic E-state index is 0.0299. The van der Waals surface area contributed by atoms with Crippen LogP contribution >= 0.6 is 0 Å². The lowest BCUT2D eigenvalue weighted by atomic mass is 10.0. The van der Waals surface area contributed by atoms with E-state index in [2.05, 4.69) is 5.16 Å². The SMILES string of the molecule is COCC(=O)N(Cc1cccc(C(F)(F)F)c1)C[C@H]1CC(c2ccc(F)cc2)=NO1. The molecule has 5 nitrogen and oxygen atoms in total. The minimum Gasteiger partial charge on any atom is -0.390 e. The zero-order valence-corrected chi connectivity index (χ0v) is 16.2. The third kappa shape index (κ3) is 5.56. The molecule has 1 aliphatic heterocycles. The number of alkyl halides is 3. The van der Waals surface area contributed by atoms with E-state index in [-0.39, 0.29) is 31.4 Å². The number of carbonyl (C=O) groups is 1. The second-order valence-corrected chi connectivity index (χ2v) is 6.88. The largest absolute Gasteiger partial charge is 0.416 e. The van der Waals surface area contributed by atoms with Crippen LogP contribution in [-0.4, -0.2) is 42.9 Å². The van der Waals surface area contributed by atoms with Crippen LogP contribution < -0.4 is 0 Å². The number of benzene rings is 2. The maximum absolute atomic E-state index is 13.1. The molecule has 160 valence electrons. The van der Waals surface area contributed by atoms with Crippen LogP contribution in [0, 0.1) is 5.82 Å². The van der Waals surface area contributed by atoms with Crippen molar-refractivity contribution in [2.24, 2.45) is 5.16 Å². The molecule has 30 heavy (non-hydrogen) atoms. The molecule has 1 aliphatic rings. The molecule has 0 spiro atoms. The zero-order valence-electron chi connectivity index (χ0n) is 16.2. The minimum atomic E-state index is -4.47. The predicted octanol–water partition coefficient (Wildman–Crippen LogP) is 4.01. The molecule has 0 bridgehead atoms. The summed E-state index contributed by atoms with van der Waals surface area (Å²) in [5.41, 5.74) is 0.870. The molecule has 3 rings (SSSR count). The van der Waals surface area contributed by atoms with Gasteiger partial charge in [0.25, 0.3) is 0 Å². The maximum Gasteiger partial charge on any atom is 0.416 e. The van der Waals surface area contributed by atoms with Crippen LogP contribution in [0.25, 0.3) is 0 Å². The Bertz CT molecular complexity index is 913. The highest BCUT2D eigenvalue weighted by atomic mass is 19.4. The lowest BCUT2D eigenvalue weighted by Crippen LogP contribution is -2.39. The van der Waals surface area contributed by atoms with E-state index in [1.807, 2.05) is 0 Å². The Hall–Kier alpha value is -2.94. The van der Waals surface area contributed by atoms with Gasteiger partial charge in [0.05, 0.1) is 17.8 Å². The average Bonchev–Trinajstić information content (AvgIpc) is 3.16. The van der Waals surface area contributed by atoms with E-state index >= 15 is 0 Å². The summed E-state index contributed by atoms with van der Waals surface area (Å²) in [6, 6.07) is 10.6. The second-order valence-electron chi connectivity index (χ2n) is 6.88. The van der Waals surface area contributed by atoms with Gasteiger partial charge in [0, 0.05) is 20.1 Å². The smallest absolute Gasteiger partial charge is 0.390 e. The van der Waals surface area contributed by atoms with Gasteiger partial charge in [0.15, 0.2) is 6.10 Å². The maximum atomic E-state index is 13.1. The molecule has 0 radical (unpaired) electrons. The monoisotopic (exact) mass is 424 g/mol. The molecule has 9 heteroatoms. The quantitative estimate of drug-likeness (QED) is 0.631. The highest BCUT2D eigenvalue weighted by Crippen LogP contribution is 2.30. The van der Waals surface area contributed by atoms with Crippen LogP contribution in [0.5, 0.6) is 0 Å². The number of amides is 1. The first-order chi connectivity index (χ1) is 14.3. The fourth-order valence-corrected chi connectivity index (χ4v) is 3.12. The number of rotatable bonds is 7. The number of methoxy groups -OCH3 is 1. The van der Waals surface area contributed by atoms with Gasteiger partial charge in [-0.3, -0.25) is 4.79 Å². The van der Waals surface area contributed by atoms with Crippen LogP contribution in [0.3, 0.4) is 0 Å². The van der Waals surface area contributed by atoms with Crippen molar-refractivity contribution in [1.29, 1.82) is 0 Å². The van der Waals surface area contributed by atoms with E-state index in [9.17, 15) is 22.4 Å². The van der Waals surface area contributed by atoms with Crippen LogP contribution in [0.1, 0.15) is 23.1 Å². The van der Waals surface area contributed by atoms with Gasteiger partial charge in [-0.25, -0.2) is 4.39 Å². The Labute approximate surface area is 170 Å². The summed E-state index contributed by atoms with van der Waals surface area (Å²) in [7, 11) is 1.36. The fraction of sp³-hybridized carbons (Fsp3) is 0.333. The van der Waals surface area contributed by atoms with Gasteiger partial charge in [-0.15, -0.1) is 0 Å². The van der Waals surface area contributed by atoms with E-state index in [1.165, 1.54) is 36.3 Å². The first-order valence-electron chi connectivity index (χ1n) is 9.17. The first kappa shape index (κ1) is 21.8. The Balaban J connectivity index is 1.69. The van der Waals surface area contributed by atoms with Gasteiger partial charge in [0.2, 0.25) is 5.91 Å². The standard InChI is InChI=1S/C21H20F4N2O3/c1-29-13-20(28)27(11-14-3-2-4-16(9-14)21(23,24)25)12-18-10-19(26-30-18)15-5-7-17(22)8-6-15/h2-9,18H,10-13H2,1H3/t18-/m1/s1. The second kappa shape index (κ2) is 9.25. The summed E-state index contributed by atoms with van der Waals surface area (Å²) in [6.07, 6.45) is -4.56. The summed E-state index contributed by atoms with van der Waals surface area (Å²) in [6.45, 7) is -0.123. The third-order valence-electron chi connectivity index (χ3n) is 4.58. The predicted molar refractivity (Wildman–Crippen MR) is 101 cm³/mol. The summed E-state index contributed by atoms with van der Waals surface area (Å²) < 4.78 is 56.9. The molecule has 0 fully saturated rings. The van der Waals surface area contributed by atoms with Crippen LogP contribution in [0.15, 0.2) is 53.7 Å². The van der Waals surface area contributed by atoms with E-state index < -0.39 is 17.8 Å². The Morgan fingerprint density at radius 3 is 2.63 bits per heavy atom. The van der Waals surface area contributed by atoms with E-state index in [0.29, 0.717) is 23.3 Å². The molecule has 2 aromatic rings. The molecule has 0 saturated carbocycles. The topological polar surface area (TPSA) is 51.1 Å². The van der Waals surface area contributed by atoms with Crippen LogP contribution in [-0.2, 0) is 27.1 Å². The average molecular weight is 424 g/mol. The van der Waals surface area contributed by atoms with E-state index in [4.69, 9.17) is 9.57 Å². The van der Waals surface area contributed by atoms with Gasteiger partial charge in [-0.1, -0.05) is 29.4 Å². The van der Waals surface area contributed by atoms with Crippen molar-refractivity contribution in [3.8, 4) is 0 Å². The Morgan fingerprint density at radius 1 is 1.23 bits per heavy atom. The first-order valence-corrected chi connectivity index (χ1v) is 9.17.